The summed E-state index contributed by atoms with van der Waals surface area (Å²) in [5.74, 6) is 2.00. The molecule has 30 heavy (non-hydrogen) atoms. The molecule has 5 nitrogen and oxygen atoms in total. The standard InChI is InChI=1S/C25H24N2O3/c1-4-30-25-17-19(11-13-24(25)29-3)21(14-15-26)18-10-12-23(28-2)22(16-18)27-20-8-6-5-7-9-20/h5-14,16-17,27H,4H2,1-3H3/b21-14-. The Balaban J connectivity index is 2.05. The molecule has 0 amide bonds. The highest BCUT2D eigenvalue weighted by Crippen LogP contribution is 2.36. The minimum absolute atomic E-state index is 0.519. The van der Waals surface area contributed by atoms with Crippen LogP contribution in [0, 0.1) is 11.3 Å². The van der Waals surface area contributed by atoms with Gasteiger partial charge >= 0.3 is 0 Å². The van der Waals surface area contributed by atoms with E-state index in [1.807, 2.05) is 73.7 Å². The fourth-order valence-corrected chi connectivity index (χ4v) is 3.16. The van der Waals surface area contributed by atoms with E-state index >= 15 is 0 Å². The van der Waals surface area contributed by atoms with Crippen LogP contribution in [0.2, 0.25) is 0 Å². The van der Waals surface area contributed by atoms with E-state index in [-0.39, 0.29) is 0 Å². The molecular formula is C25H24N2O3. The van der Waals surface area contributed by atoms with Crippen molar-refractivity contribution in [2.75, 3.05) is 26.1 Å². The second-order valence-electron chi connectivity index (χ2n) is 6.39. The number of nitrogens with zero attached hydrogens (tertiary/aromatic N) is 1. The quantitative estimate of drug-likeness (QED) is 0.484. The third-order valence-electron chi connectivity index (χ3n) is 4.55. The van der Waals surface area contributed by atoms with Crippen molar-refractivity contribution in [2.45, 2.75) is 6.92 Å². The van der Waals surface area contributed by atoms with Gasteiger partial charge in [-0.05, 0) is 60.0 Å². The van der Waals surface area contributed by atoms with Crippen molar-refractivity contribution in [1.82, 2.24) is 0 Å². The second kappa shape index (κ2) is 10.0. The van der Waals surface area contributed by atoms with Crippen molar-refractivity contribution >= 4 is 16.9 Å². The monoisotopic (exact) mass is 400 g/mol. The maximum atomic E-state index is 9.42. The lowest BCUT2D eigenvalue weighted by Gasteiger charge is -2.16. The first-order chi connectivity index (χ1) is 14.7. The zero-order chi connectivity index (χ0) is 21.3. The Hall–Kier alpha value is -3.91. The number of nitriles is 1. The van der Waals surface area contributed by atoms with Crippen LogP contribution in [-0.2, 0) is 0 Å². The van der Waals surface area contributed by atoms with E-state index < -0.39 is 0 Å². The van der Waals surface area contributed by atoms with Gasteiger partial charge in [-0.15, -0.1) is 0 Å². The average Bonchev–Trinajstić information content (AvgIpc) is 2.78. The molecule has 0 aliphatic heterocycles. The summed E-state index contributed by atoms with van der Waals surface area (Å²) in [6.07, 6.45) is 1.53. The molecule has 0 unspecified atom stereocenters. The van der Waals surface area contributed by atoms with E-state index in [0.29, 0.717) is 23.9 Å². The molecule has 0 saturated carbocycles. The predicted octanol–water partition coefficient (Wildman–Crippen LogP) is 5.80. The minimum atomic E-state index is 0.519. The van der Waals surface area contributed by atoms with E-state index in [0.717, 1.165) is 28.1 Å². The van der Waals surface area contributed by atoms with Crippen molar-refractivity contribution < 1.29 is 14.2 Å². The molecule has 1 N–H and O–H groups in total. The van der Waals surface area contributed by atoms with Crippen LogP contribution in [0.15, 0.2) is 72.8 Å². The highest BCUT2D eigenvalue weighted by molar-refractivity contribution is 5.85. The van der Waals surface area contributed by atoms with Gasteiger partial charge in [-0.25, -0.2) is 0 Å². The molecule has 3 aromatic carbocycles. The number of hydrogen-bond acceptors (Lipinski definition) is 5. The number of nitrogens with one attached hydrogen (secondary N) is 1. The molecule has 0 aliphatic rings. The van der Waals surface area contributed by atoms with Gasteiger partial charge in [0.05, 0.1) is 32.6 Å². The number of benzene rings is 3. The van der Waals surface area contributed by atoms with Gasteiger partial charge in [0.1, 0.15) is 5.75 Å². The summed E-state index contributed by atoms with van der Waals surface area (Å²) >= 11 is 0. The van der Waals surface area contributed by atoms with Crippen LogP contribution in [0.3, 0.4) is 0 Å². The minimum Gasteiger partial charge on any atom is -0.495 e. The Morgan fingerprint density at radius 1 is 0.900 bits per heavy atom. The Labute approximate surface area is 177 Å². The maximum Gasteiger partial charge on any atom is 0.161 e. The molecule has 0 bridgehead atoms. The molecule has 3 aromatic rings. The lowest BCUT2D eigenvalue weighted by atomic mass is 9.96. The van der Waals surface area contributed by atoms with Crippen LogP contribution in [0.1, 0.15) is 18.1 Å². The van der Waals surface area contributed by atoms with E-state index in [4.69, 9.17) is 14.2 Å². The highest BCUT2D eigenvalue weighted by atomic mass is 16.5. The molecule has 0 heterocycles. The van der Waals surface area contributed by atoms with Crippen molar-refractivity contribution in [3.05, 3.63) is 83.9 Å². The molecule has 0 aromatic heterocycles. The lowest BCUT2D eigenvalue weighted by Crippen LogP contribution is -1.99. The SMILES string of the molecule is CCOc1cc(/C(=C\C#N)c2ccc(OC)c(Nc3ccccc3)c2)ccc1OC. The summed E-state index contributed by atoms with van der Waals surface area (Å²) in [5, 5.41) is 12.8. The van der Waals surface area contributed by atoms with Gasteiger partial charge in [0.25, 0.3) is 0 Å². The van der Waals surface area contributed by atoms with E-state index in [1.165, 1.54) is 6.08 Å². The van der Waals surface area contributed by atoms with Gasteiger partial charge in [-0.1, -0.05) is 30.3 Å². The molecule has 0 fully saturated rings. The second-order valence-corrected chi connectivity index (χ2v) is 6.39. The molecule has 0 saturated heterocycles. The summed E-state index contributed by atoms with van der Waals surface area (Å²) in [6, 6.07) is 23.5. The van der Waals surface area contributed by atoms with Crippen LogP contribution in [0.25, 0.3) is 5.57 Å². The fraction of sp³-hybridized carbons (Fsp3) is 0.160. The van der Waals surface area contributed by atoms with Crippen molar-refractivity contribution in [3.63, 3.8) is 0 Å². The van der Waals surface area contributed by atoms with E-state index in [1.54, 1.807) is 14.2 Å². The highest BCUT2D eigenvalue weighted by Gasteiger charge is 2.13. The van der Waals surface area contributed by atoms with Crippen LogP contribution in [-0.4, -0.2) is 20.8 Å². The Morgan fingerprint density at radius 3 is 2.20 bits per heavy atom. The molecule has 0 radical (unpaired) electrons. The Kier molecular flexibility index (Phi) is 6.96. The predicted molar refractivity (Wildman–Crippen MR) is 120 cm³/mol. The molecule has 0 atom stereocenters. The number of rotatable bonds is 8. The number of anilines is 2. The molecule has 0 spiro atoms. The summed E-state index contributed by atoms with van der Waals surface area (Å²) in [6.45, 7) is 2.44. The summed E-state index contributed by atoms with van der Waals surface area (Å²) in [4.78, 5) is 0. The normalized spacial score (nSPS) is 10.8. The summed E-state index contributed by atoms with van der Waals surface area (Å²) in [5.41, 5.74) is 4.27. The molecule has 3 rings (SSSR count). The van der Waals surface area contributed by atoms with Crippen molar-refractivity contribution in [2.24, 2.45) is 0 Å². The average molecular weight is 400 g/mol. The first-order valence-electron chi connectivity index (χ1n) is 9.61. The molecule has 5 heteroatoms. The van der Waals surface area contributed by atoms with Crippen LogP contribution in [0.4, 0.5) is 11.4 Å². The maximum absolute atomic E-state index is 9.42. The van der Waals surface area contributed by atoms with Crippen molar-refractivity contribution in [3.8, 4) is 23.3 Å². The van der Waals surface area contributed by atoms with Gasteiger partial charge in [0.15, 0.2) is 11.5 Å². The van der Waals surface area contributed by atoms with Crippen LogP contribution < -0.4 is 19.5 Å². The fourth-order valence-electron chi connectivity index (χ4n) is 3.16. The van der Waals surface area contributed by atoms with E-state index in [9.17, 15) is 5.26 Å². The van der Waals surface area contributed by atoms with Gasteiger partial charge in [-0.2, -0.15) is 5.26 Å². The Bertz CT molecular complexity index is 1070. The van der Waals surface area contributed by atoms with Crippen LogP contribution in [0.5, 0.6) is 17.2 Å². The smallest absolute Gasteiger partial charge is 0.161 e. The van der Waals surface area contributed by atoms with Gasteiger partial charge in [-0.3, -0.25) is 0 Å². The van der Waals surface area contributed by atoms with E-state index in [2.05, 4.69) is 11.4 Å². The zero-order valence-electron chi connectivity index (χ0n) is 17.3. The number of hydrogen-bond donors (Lipinski definition) is 1. The zero-order valence-corrected chi connectivity index (χ0v) is 17.3. The third kappa shape index (κ3) is 4.73. The largest absolute Gasteiger partial charge is 0.495 e. The number of ether oxygens (including phenoxy) is 3. The first-order valence-corrected chi connectivity index (χ1v) is 9.61. The van der Waals surface area contributed by atoms with Gasteiger partial charge in [0.2, 0.25) is 0 Å². The van der Waals surface area contributed by atoms with Gasteiger partial charge < -0.3 is 19.5 Å². The van der Waals surface area contributed by atoms with Gasteiger partial charge in [0, 0.05) is 11.8 Å². The van der Waals surface area contributed by atoms with Crippen LogP contribution >= 0.6 is 0 Å². The van der Waals surface area contributed by atoms with Crippen molar-refractivity contribution in [1.29, 1.82) is 5.26 Å². The topological polar surface area (TPSA) is 63.5 Å². The molecular weight excluding hydrogens is 376 g/mol. The Morgan fingerprint density at radius 2 is 1.57 bits per heavy atom. The molecule has 152 valence electrons. The number of methoxy groups -OCH3 is 2. The summed E-state index contributed by atoms with van der Waals surface area (Å²) < 4.78 is 16.6. The first kappa shape index (κ1) is 20.8. The molecule has 0 aliphatic carbocycles. The summed E-state index contributed by atoms with van der Waals surface area (Å²) in [7, 11) is 3.24. The third-order valence-corrected chi connectivity index (χ3v) is 4.55. The lowest BCUT2D eigenvalue weighted by molar-refractivity contribution is 0.311. The number of para-hydroxylation sites is 1. The number of allylic oxidation sites excluding steroid dienone is 1.